The Morgan fingerprint density at radius 2 is 2.18 bits per heavy atom. The summed E-state index contributed by atoms with van der Waals surface area (Å²) in [7, 11) is 0. The van der Waals surface area contributed by atoms with Gasteiger partial charge in [-0.2, -0.15) is 0 Å². The van der Waals surface area contributed by atoms with Crippen LogP contribution in [0.1, 0.15) is 33.1 Å². The van der Waals surface area contributed by atoms with Crippen LogP contribution in [-0.2, 0) is 4.79 Å². The van der Waals surface area contributed by atoms with Gasteiger partial charge in [-0.05, 0) is 48.5 Å². The molecule has 2 fully saturated rings. The molecule has 17 heavy (non-hydrogen) atoms. The van der Waals surface area contributed by atoms with E-state index in [2.05, 4.69) is 39.7 Å². The zero-order valence-corrected chi connectivity index (χ0v) is 11.0. The van der Waals surface area contributed by atoms with Gasteiger partial charge in [0.15, 0.2) is 5.78 Å². The maximum Gasteiger partial charge on any atom is 0.158 e. The number of carbonyl (C=O) groups is 1. The van der Waals surface area contributed by atoms with E-state index in [1.807, 2.05) is 0 Å². The fraction of sp³-hybridized carbons (Fsp3) is 0.562. The van der Waals surface area contributed by atoms with Gasteiger partial charge in [-0.3, -0.25) is 4.79 Å². The largest absolute Gasteiger partial charge is 0.295 e. The molecular weight excluding hydrogens is 208 g/mol. The third-order valence-corrected chi connectivity index (χ3v) is 4.87. The summed E-state index contributed by atoms with van der Waals surface area (Å²) in [5.41, 5.74) is 2.13. The lowest BCUT2D eigenvalue weighted by Gasteiger charge is -2.46. The summed E-state index contributed by atoms with van der Waals surface area (Å²) in [5, 5.41) is 0. The summed E-state index contributed by atoms with van der Waals surface area (Å²) >= 11 is 0. The first-order chi connectivity index (χ1) is 7.90. The highest BCUT2D eigenvalue weighted by Gasteiger charge is 2.50. The molecule has 0 aliphatic heterocycles. The van der Waals surface area contributed by atoms with Crippen LogP contribution in [0.15, 0.2) is 37.0 Å². The summed E-state index contributed by atoms with van der Waals surface area (Å²) < 4.78 is 0. The van der Waals surface area contributed by atoms with Gasteiger partial charge in [0.25, 0.3) is 0 Å². The van der Waals surface area contributed by atoms with Crippen LogP contribution in [0.5, 0.6) is 0 Å². The molecule has 2 aliphatic rings. The van der Waals surface area contributed by atoms with Crippen LogP contribution < -0.4 is 0 Å². The van der Waals surface area contributed by atoms with E-state index in [1.165, 1.54) is 5.57 Å². The molecule has 0 heterocycles. The zero-order chi connectivity index (χ0) is 12.8. The van der Waals surface area contributed by atoms with E-state index in [4.69, 9.17) is 0 Å². The van der Waals surface area contributed by atoms with E-state index < -0.39 is 0 Å². The second-order valence-electron chi connectivity index (χ2n) is 6.00. The van der Waals surface area contributed by atoms with Crippen LogP contribution >= 0.6 is 0 Å². The van der Waals surface area contributed by atoms with Crippen LogP contribution in [0.2, 0.25) is 0 Å². The lowest BCUT2D eigenvalue weighted by atomic mass is 9.57. The molecule has 2 aliphatic carbocycles. The van der Waals surface area contributed by atoms with Crippen molar-refractivity contribution < 1.29 is 4.79 Å². The molecule has 4 atom stereocenters. The van der Waals surface area contributed by atoms with Crippen molar-refractivity contribution in [2.75, 3.05) is 0 Å². The van der Waals surface area contributed by atoms with Crippen LogP contribution in [0.25, 0.3) is 0 Å². The Balaban J connectivity index is 2.40. The molecule has 0 unspecified atom stereocenters. The summed E-state index contributed by atoms with van der Waals surface area (Å²) in [6, 6.07) is 0. The topological polar surface area (TPSA) is 17.1 Å². The first-order valence-corrected chi connectivity index (χ1v) is 6.41. The molecular formula is C16H22O. The Hall–Kier alpha value is -1.11. The smallest absolute Gasteiger partial charge is 0.158 e. The molecule has 1 nitrogen and oxygen atoms in total. The second-order valence-corrected chi connectivity index (χ2v) is 6.00. The number of carbonyl (C=O) groups excluding carboxylic acids is 1. The SMILES string of the molecule is C=C[C@]1(C)CC[C@H]2C(=C)C(=O)C[C@@H]2[C@H]1C(=C)C. The Morgan fingerprint density at radius 3 is 2.71 bits per heavy atom. The van der Waals surface area contributed by atoms with Crippen molar-refractivity contribution >= 4 is 5.78 Å². The van der Waals surface area contributed by atoms with Crippen LogP contribution in [0.4, 0.5) is 0 Å². The molecule has 2 rings (SSSR count). The fourth-order valence-electron chi connectivity index (χ4n) is 3.96. The lowest BCUT2D eigenvalue weighted by Crippen LogP contribution is -2.39. The van der Waals surface area contributed by atoms with Crippen molar-refractivity contribution in [1.29, 1.82) is 0 Å². The standard InChI is InChI=1S/C16H22O/c1-6-16(5)8-7-12-11(4)14(17)9-13(12)15(16)10(2)3/h6,12-13,15H,1-2,4,7-9H2,3,5H3/t12-,13-,15+,16+/m0/s1. The summed E-state index contributed by atoms with van der Waals surface area (Å²) in [4.78, 5) is 11.9. The summed E-state index contributed by atoms with van der Waals surface area (Å²) in [6.45, 7) is 16.5. The van der Waals surface area contributed by atoms with Gasteiger partial charge in [-0.25, -0.2) is 0 Å². The monoisotopic (exact) mass is 230 g/mol. The van der Waals surface area contributed by atoms with Crippen molar-refractivity contribution in [3.63, 3.8) is 0 Å². The Bertz CT molecular complexity index is 404. The first-order valence-electron chi connectivity index (χ1n) is 6.41. The molecule has 0 aromatic heterocycles. The maximum atomic E-state index is 11.9. The van der Waals surface area contributed by atoms with E-state index >= 15 is 0 Å². The minimum Gasteiger partial charge on any atom is -0.295 e. The highest BCUT2D eigenvalue weighted by molar-refractivity contribution is 5.98. The molecule has 1 heteroatoms. The number of fused-ring (bicyclic) bond motifs is 1. The molecule has 0 saturated heterocycles. The Kier molecular flexibility index (Phi) is 2.89. The second kappa shape index (κ2) is 3.97. The fourth-order valence-corrected chi connectivity index (χ4v) is 3.96. The highest BCUT2D eigenvalue weighted by atomic mass is 16.1. The van der Waals surface area contributed by atoms with Crippen LogP contribution in [0.3, 0.4) is 0 Å². The van der Waals surface area contributed by atoms with Crippen molar-refractivity contribution in [3.05, 3.63) is 37.0 Å². The number of rotatable bonds is 2. The predicted octanol–water partition coefficient (Wildman–Crippen LogP) is 3.93. The van der Waals surface area contributed by atoms with Crippen molar-refractivity contribution in [2.45, 2.75) is 33.1 Å². The molecule has 0 aromatic carbocycles. The van der Waals surface area contributed by atoms with E-state index in [0.29, 0.717) is 24.2 Å². The van der Waals surface area contributed by atoms with Gasteiger partial charge in [-0.1, -0.05) is 31.7 Å². The third kappa shape index (κ3) is 1.72. The number of ketones is 1. The highest BCUT2D eigenvalue weighted by Crippen LogP contribution is 2.56. The normalized spacial score (nSPS) is 41.2. The minimum atomic E-state index is 0.0951. The van der Waals surface area contributed by atoms with E-state index in [-0.39, 0.29) is 11.2 Å². The van der Waals surface area contributed by atoms with E-state index in [1.54, 1.807) is 0 Å². The lowest BCUT2D eigenvalue weighted by molar-refractivity contribution is -0.115. The molecule has 0 amide bonds. The number of Topliss-reactive ketones (excluding diaryl/α,β-unsaturated/α-hetero) is 1. The Morgan fingerprint density at radius 1 is 1.53 bits per heavy atom. The molecule has 2 saturated carbocycles. The van der Waals surface area contributed by atoms with Gasteiger partial charge in [0.05, 0.1) is 0 Å². The van der Waals surface area contributed by atoms with Crippen molar-refractivity contribution in [2.24, 2.45) is 23.2 Å². The molecule has 0 bridgehead atoms. The van der Waals surface area contributed by atoms with Gasteiger partial charge < -0.3 is 0 Å². The van der Waals surface area contributed by atoms with Crippen LogP contribution in [0, 0.1) is 23.2 Å². The molecule has 0 N–H and O–H groups in total. The van der Waals surface area contributed by atoms with Gasteiger partial charge in [0.2, 0.25) is 0 Å². The molecule has 0 spiro atoms. The first kappa shape index (κ1) is 12.3. The van der Waals surface area contributed by atoms with E-state index in [0.717, 1.165) is 18.4 Å². The molecule has 0 radical (unpaired) electrons. The Labute approximate surface area is 104 Å². The number of hydrogen-bond acceptors (Lipinski definition) is 1. The van der Waals surface area contributed by atoms with Crippen molar-refractivity contribution in [1.82, 2.24) is 0 Å². The predicted molar refractivity (Wildman–Crippen MR) is 71.6 cm³/mol. The van der Waals surface area contributed by atoms with Gasteiger partial charge in [0, 0.05) is 6.42 Å². The van der Waals surface area contributed by atoms with Crippen LogP contribution in [-0.4, -0.2) is 5.78 Å². The third-order valence-electron chi connectivity index (χ3n) is 4.87. The number of allylic oxidation sites excluding steroid dienone is 3. The van der Waals surface area contributed by atoms with Gasteiger partial charge >= 0.3 is 0 Å². The summed E-state index contributed by atoms with van der Waals surface area (Å²) in [5.74, 6) is 1.43. The summed E-state index contributed by atoms with van der Waals surface area (Å²) in [6.07, 6.45) is 4.88. The van der Waals surface area contributed by atoms with Crippen molar-refractivity contribution in [3.8, 4) is 0 Å². The van der Waals surface area contributed by atoms with Gasteiger partial charge in [0.1, 0.15) is 0 Å². The average Bonchev–Trinajstić information content (AvgIpc) is 2.54. The molecule has 0 aromatic rings. The number of hydrogen-bond donors (Lipinski definition) is 0. The maximum absolute atomic E-state index is 11.9. The molecule has 92 valence electrons. The zero-order valence-electron chi connectivity index (χ0n) is 11.0. The quantitative estimate of drug-likeness (QED) is 0.519. The minimum absolute atomic E-state index is 0.0951. The average molecular weight is 230 g/mol. The van der Waals surface area contributed by atoms with Gasteiger partial charge in [-0.15, -0.1) is 6.58 Å². The van der Waals surface area contributed by atoms with E-state index in [9.17, 15) is 4.79 Å².